The lowest BCUT2D eigenvalue weighted by atomic mass is 9.94. The maximum absolute atomic E-state index is 13.0. The maximum Gasteiger partial charge on any atom is 0.338 e. The molecule has 2 aliphatic rings. The van der Waals surface area contributed by atoms with E-state index in [-0.39, 0.29) is 22.6 Å². The highest BCUT2D eigenvalue weighted by Gasteiger charge is 2.31. The monoisotopic (exact) mass is 406 g/mol. The Balaban J connectivity index is 2.12. The molecule has 1 heterocycles. The van der Waals surface area contributed by atoms with E-state index in [1.807, 2.05) is 25.1 Å². The minimum atomic E-state index is -1.36. The number of carboxylic acid groups (broad SMARTS) is 1. The minimum absolute atomic E-state index is 0.109. The topological polar surface area (TPSA) is 113 Å². The number of rotatable bonds is 4. The molecule has 0 saturated heterocycles. The number of nitrogens with zero attached hydrogens (tertiary/aromatic N) is 2. The van der Waals surface area contributed by atoms with Crippen LogP contribution in [0.4, 0.5) is 5.69 Å². The predicted molar refractivity (Wildman–Crippen MR) is 112 cm³/mol. The molecule has 1 aliphatic heterocycles. The number of hydrogen-bond donors (Lipinski definition) is 2. The average Bonchev–Trinajstić information content (AvgIpc) is 2.74. The summed E-state index contributed by atoms with van der Waals surface area (Å²) in [6.45, 7) is 0. The summed E-state index contributed by atoms with van der Waals surface area (Å²) in [4.78, 5) is 31.4. The SMILES string of the molecule is COc1cccc(-c2c(C(=O)O)c3nc4ccc(N(C)C)cc4oc-3c(O)c2=O)c1. The highest BCUT2D eigenvalue weighted by atomic mass is 16.5. The third kappa shape index (κ3) is 2.98. The summed E-state index contributed by atoms with van der Waals surface area (Å²) in [5.74, 6) is -1.89. The lowest BCUT2D eigenvalue weighted by Gasteiger charge is -2.16. The van der Waals surface area contributed by atoms with Crippen molar-refractivity contribution < 1.29 is 24.2 Å². The molecule has 0 radical (unpaired) electrons. The van der Waals surface area contributed by atoms with Crippen LogP contribution in [0.1, 0.15) is 10.4 Å². The number of aromatic nitrogens is 1. The van der Waals surface area contributed by atoms with Crippen molar-refractivity contribution in [1.82, 2.24) is 4.98 Å². The Hall–Kier alpha value is -4.07. The molecule has 2 N–H and O–H groups in total. The van der Waals surface area contributed by atoms with E-state index < -0.39 is 17.1 Å². The third-order valence-corrected chi connectivity index (χ3v) is 4.84. The molecule has 0 aromatic heterocycles. The van der Waals surface area contributed by atoms with Crippen LogP contribution >= 0.6 is 0 Å². The van der Waals surface area contributed by atoms with Gasteiger partial charge >= 0.3 is 5.97 Å². The number of benzene rings is 3. The first-order valence-electron chi connectivity index (χ1n) is 9.00. The van der Waals surface area contributed by atoms with Gasteiger partial charge < -0.3 is 24.3 Å². The molecule has 0 saturated carbocycles. The molecule has 30 heavy (non-hydrogen) atoms. The number of methoxy groups -OCH3 is 1. The van der Waals surface area contributed by atoms with E-state index in [2.05, 4.69) is 4.98 Å². The number of phenolic OH excluding ortho intramolecular Hbond substituents is 1. The summed E-state index contributed by atoms with van der Waals surface area (Å²) in [5.41, 5.74) is 0.324. The minimum Gasteiger partial charge on any atom is -0.501 e. The highest BCUT2D eigenvalue weighted by molar-refractivity contribution is 6.04. The Morgan fingerprint density at radius 3 is 2.60 bits per heavy atom. The zero-order valence-corrected chi connectivity index (χ0v) is 16.5. The van der Waals surface area contributed by atoms with Crippen LogP contribution in [0.25, 0.3) is 33.7 Å². The van der Waals surface area contributed by atoms with Gasteiger partial charge in [-0.15, -0.1) is 0 Å². The molecule has 0 unspecified atom stereocenters. The van der Waals surface area contributed by atoms with Crippen molar-refractivity contribution in [3.8, 4) is 34.1 Å². The van der Waals surface area contributed by atoms with Gasteiger partial charge in [-0.25, -0.2) is 9.78 Å². The average molecular weight is 406 g/mol. The van der Waals surface area contributed by atoms with E-state index >= 15 is 0 Å². The summed E-state index contributed by atoms with van der Waals surface area (Å²) in [5, 5.41) is 20.5. The van der Waals surface area contributed by atoms with Crippen LogP contribution in [-0.2, 0) is 0 Å². The van der Waals surface area contributed by atoms with Crippen LogP contribution in [0.15, 0.2) is 51.7 Å². The molecular weight excluding hydrogens is 388 g/mol. The van der Waals surface area contributed by atoms with Gasteiger partial charge in [0.1, 0.15) is 22.5 Å². The van der Waals surface area contributed by atoms with Gasteiger partial charge in [-0.05, 0) is 29.8 Å². The molecule has 4 rings (SSSR count). The highest BCUT2D eigenvalue weighted by Crippen LogP contribution is 2.38. The largest absolute Gasteiger partial charge is 0.501 e. The molecule has 0 spiro atoms. The van der Waals surface area contributed by atoms with Crippen molar-refractivity contribution >= 4 is 22.8 Å². The number of hydrogen-bond acceptors (Lipinski definition) is 7. The fourth-order valence-electron chi connectivity index (χ4n) is 3.33. The molecule has 0 bridgehead atoms. The summed E-state index contributed by atoms with van der Waals surface area (Å²) >= 11 is 0. The fraction of sp³-hybridized carbons (Fsp3) is 0.136. The molecule has 0 fully saturated rings. The first kappa shape index (κ1) is 19.3. The molecule has 0 atom stereocenters. The van der Waals surface area contributed by atoms with Crippen molar-refractivity contribution in [3.63, 3.8) is 0 Å². The summed E-state index contributed by atoms with van der Waals surface area (Å²) in [6, 6.07) is 11.6. The second-order valence-corrected chi connectivity index (χ2v) is 6.90. The summed E-state index contributed by atoms with van der Waals surface area (Å²) < 4.78 is 10.9. The zero-order valence-electron chi connectivity index (χ0n) is 16.5. The van der Waals surface area contributed by atoms with Gasteiger partial charge in [0.2, 0.25) is 11.2 Å². The number of aromatic carboxylic acids is 1. The number of phenols is 1. The molecular formula is C22H18N2O6. The van der Waals surface area contributed by atoms with Gasteiger partial charge in [-0.2, -0.15) is 0 Å². The van der Waals surface area contributed by atoms with Gasteiger partial charge in [0.05, 0.1) is 12.7 Å². The quantitative estimate of drug-likeness (QED) is 0.496. The number of anilines is 1. The molecule has 152 valence electrons. The normalized spacial score (nSPS) is 11.0. The zero-order chi connectivity index (χ0) is 21.6. The van der Waals surface area contributed by atoms with Crippen LogP contribution in [0.3, 0.4) is 0 Å². The molecule has 8 nitrogen and oxygen atoms in total. The van der Waals surface area contributed by atoms with Crippen LogP contribution in [0.2, 0.25) is 0 Å². The third-order valence-electron chi connectivity index (χ3n) is 4.84. The van der Waals surface area contributed by atoms with Crippen LogP contribution in [0, 0.1) is 0 Å². The predicted octanol–water partition coefficient (Wildman–Crippen LogP) is 3.44. The van der Waals surface area contributed by atoms with Crippen molar-refractivity contribution in [3.05, 3.63) is 58.3 Å². The fourth-order valence-corrected chi connectivity index (χ4v) is 3.33. The number of ether oxygens (including phenoxy) is 1. The van der Waals surface area contributed by atoms with E-state index in [1.165, 1.54) is 13.2 Å². The van der Waals surface area contributed by atoms with Crippen LogP contribution < -0.4 is 15.1 Å². The van der Waals surface area contributed by atoms with E-state index in [0.29, 0.717) is 22.4 Å². The van der Waals surface area contributed by atoms with Gasteiger partial charge in [-0.3, -0.25) is 4.79 Å². The number of fused-ring (bicyclic) bond motifs is 2. The second kappa shape index (κ2) is 7.07. The van der Waals surface area contributed by atoms with E-state index in [4.69, 9.17) is 9.15 Å². The van der Waals surface area contributed by atoms with Crippen molar-refractivity contribution in [1.29, 1.82) is 0 Å². The second-order valence-electron chi connectivity index (χ2n) is 6.90. The van der Waals surface area contributed by atoms with E-state index in [0.717, 1.165) is 5.69 Å². The molecule has 2 aromatic carbocycles. The van der Waals surface area contributed by atoms with Gasteiger partial charge in [-0.1, -0.05) is 12.1 Å². The first-order chi connectivity index (χ1) is 14.3. The van der Waals surface area contributed by atoms with E-state index in [1.54, 1.807) is 30.3 Å². The molecule has 1 aliphatic carbocycles. The number of carboxylic acids is 1. The van der Waals surface area contributed by atoms with Crippen LogP contribution in [0.5, 0.6) is 11.5 Å². The molecule has 0 amide bonds. The molecule has 8 heteroatoms. The van der Waals surface area contributed by atoms with Gasteiger partial charge in [0.25, 0.3) is 0 Å². The number of carbonyl (C=O) groups is 1. The molecule has 2 aromatic rings. The first-order valence-corrected chi connectivity index (χ1v) is 9.00. The lowest BCUT2D eigenvalue weighted by molar-refractivity contribution is 0.0698. The van der Waals surface area contributed by atoms with Crippen LogP contribution in [-0.4, -0.2) is 42.4 Å². The summed E-state index contributed by atoms with van der Waals surface area (Å²) in [6.07, 6.45) is 0. The van der Waals surface area contributed by atoms with Crippen molar-refractivity contribution in [2.75, 3.05) is 26.1 Å². The van der Waals surface area contributed by atoms with E-state index in [9.17, 15) is 19.8 Å². The lowest BCUT2D eigenvalue weighted by Crippen LogP contribution is -2.16. The Morgan fingerprint density at radius 2 is 1.93 bits per heavy atom. The maximum atomic E-state index is 13.0. The standard InChI is InChI=1S/C22H18N2O6/c1-24(2)12-7-8-14-15(10-12)30-21-18(23-14)17(22(27)28)16(19(25)20(21)26)11-5-4-6-13(9-11)29-3/h4-10,26H,1-3H3,(H,27,28). The Labute approximate surface area is 170 Å². The Morgan fingerprint density at radius 1 is 1.17 bits per heavy atom. The van der Waals surface area contributed by atoms with Gasteiger partial charge in [0.15, 0.2) is 11.3 Å². The van der Waals surface area contributed by atoms with Crippen molar-refractivity contribution in [2.24, 2.45) is 0 Å². The van der Waals surface area contributed by atoms with Crippen molar-refractivity contribution in [2.45, 2.75) is 0 Å². The van der Waals surface area contributed by atoms with Gasteiger partial charge in [0, 0.05) is 25.8 Å². The Bertz CT molecular complexity index is 1330. The Kier molecular flexibility index (Phi) is 4.54. The number of aromatic hydroxyl groups is 1. The summed E-state index contributed by atoms with van der Waals surface area (Å²) in [7, 11) is 5.17. The smallest absolute Gasteiger partial charge is 0.338 e.